The number of fused-ring (bicyclic) bond motifs is 3. The van der Waals surface area contributed by atoms with Crippen LogP contribution in [0.25, 0.3) is 22.4 Å². The summed E-state index contributed by atoms with van der Waals surface area (Å²) in [6.07, 6.45) is 4.36. The zero-order valence-corrected chi connectivity index (χ0v) is 13.1. The molecule has 0 atom stereocenters. The van der Waals surface area contributed by atoms with Crippen LogP contribution < -0.4 is 0 Å². The zero-order chi connectivity index (χ0) is 16.7. The van der Waals surface area contributed by atoms with Gasteiger partial charge in [-0.2, -0.15) is 0 Å². The standard InChI is InChI=1S/C19H15FN2O2/c1-24-19(23)18-16(12-8-13(20)10-21-9-12)15-7-6-11-4-2-3-5-14(11)17(15)22-18/h2-5,8-10,22H,6-7H2,1H3. The molecule has 0 bridgehead atoms. The minimum absolute atomic E-state index is 0.339. The Morgan fingerprint density at radius 2 is 2.08 bits per heavy atom. The normalized spacial score (nSPS) is 12.4. The first-order chi connectivity index (χ1) is 11.7. The van der Waals surface area contributed by atoms with Crippen molar-refractivity contribution >= 4 is 5.97 Å². The van der Waals surface area contributed by atoms with E-state index in [-0.39, 0.29) is 0 Å². The van der Waals surface area contributed by atoms with E-state index in [0.717, 1.165) is 35.9 Å². The number of methoxy groups -OCH3 is 1. The molecule has 1 aliphatic carbocycles. The number of hydrogen-bond donors (Lipinski definition) is 1. The Balaban J connectivity index is 2.00. The van der Waals surface area contributed by atoms with Crippen LogP contribution >= 0.6 is 0 Å². The summed E-state index contributed by atoms with van der Waals surface area (Å²) in [4.78, 5) is 19.4. The lowest BCUT2D eigenvalue weighted by Crippen LogP contribution is -2.04. The van der Waals surface area contributed by atoms with Gasteiger partial charge in [0.15, 0.2) is 0 Å². The number of halogens is 1. The summed E-state index contributed by atoms with van der Waals surface area (Å²) in [5.74, 6) is -0.907. The number of pyridine rings is 1. The van der Waals surface area contributed by atoms with Crippen molar-refractivity contribution in [2.75, 3.05) is 7.11 Å². The third kappa shape index (κ3) is 2.21. The lowest BCUT2D eigenvalue weighted by Gasteiger charge is -2.17. The second kappa shape index (κ2) is 5.60. The molecule has 5 heteroatoms. The Bertz CT molecular complexity index is 946. The monoisotopic (exact) mass is 322 g/mol. The molecule has 1 N–H and O–H groups in total. The second-order valence-electron chi connectivity index (χ2n) is 5.77. The van der Waals surface area contributed by atoms with Crippen molar-refractivity contribution in [1.82, 2.24) is 9.97 Å². The topological polar surface area (TPSA) is 55.0 Å². The summed E-state index contributed by atoms with van der Waals surface area (Å²) in [6.45, 7) is 0. The summed E-state index contributed by atoms with van der Waals surface area (Å²) in [7, 11) is 1.34. The summed E-state index contributed by atoms with van der Waals surface area (Å²) in [6, 6.07) is 9.48. The highest BCUT2D eigenvalue weighted by Crippen LogP contribution is 2.40. The van der Waals surface area contributed by atoms with E-state index < -0.39 is 11.8 Å². The SMILES string of the molecule is COC(=O)c1[nH]c2c(c1-c1cncc(F)c1)CCc1ccccc1-2. The van der Waals surface area contributed by atoms with Crippen molar-refractivity contribution in [1.29, 1.82) is 0 Å². The number of aromatic amines is 1. The summed E-state index contributed by atoms with van der Waals surface area (Å²) in [5, 5.41) is 0. The van der Waals surface area contributed by atoms with Gasteiger partial charge in [-0.05, 0) is 30.0 Å². The van der Waals surface area contributed by atoms with Crippen LogP contribution in [0.5, 0.6) is 0 Å². The Hall–Kier alpha value is -2.95. The third-order valence-electron chi connectivity index (χ3n) is 4.42. The van der Waals surface area contributed by atoms with Gasteiger partial charge in [0.25, 0.3) is 0 Å². The number of benzene rings is 1. The van der Waals surface area contributed by atoms with E-state index in [1.165, 1.54) is 18.7 Å². The predicted octanol–water partition coefficient (Wildman–Crippen LogP) is 3.77. The van der Waals surface area contributed by atoms with Gasteiger partial charge in [-0.25, -0.2) is 9.18 Å². The van der Waals surface area contributed by atoms with E-state index in [9.17, 15) is 9.18 Å². The molecular weight excluding hydrogens is 307 g/mol. The molecule has 0 fully saturated rings. The first-order valence-electron chi connectivity index (χ1n) is 7.71. The number of esters is 1. The molecule has 1 aromatic carbocycles. The molecule has 120 valence electrons. The van der Waals surface area contributed by atoms with E-state index in [1.54, 1.807) is 6.20 Å². The highest BCUT2D eigenvalue weighted by Gasteiger charge is 2.28. The maximum Gasteiger partial charge on any atom is 0.355 e. The quantitative estimate of drug-likeness (QED) is 0.731. The van der Waals surface area contributed by atoms with Crippen molar-refractivity contribution in [3.8, 4) is 22.4 Å². The average Bonchev–Trinajstić information content (AvgIpc) is 3.01. The number of nitrogens with one attached hydrogen (secondary N) is 1. The van der Waals surface area contributed by atoms with Crippen LogP contribution in [0.2, 0.25) is 0 Å². The van der Waals surface area contributed by atoms with Crippen LogP contribution in [0, 0.1) is 5.82 Å². The summed E-state index contributed by atoms with van der Waals surface area (Å²) >= 11 is 0. The molecule has 0 saturated heterocycles. The predicted molar refractivity (Wildman–Crippen MR) is 88.2 cm³/mol. The molecule has 0 aliphatic heterocycles. The first-order valence-corrected chi connectivity index (χ1v) is 7.71. The van der Waals surface area contributed by atoms with Gasteiger partial charge >= 0.3 is 5.97 Å². The van der Waals surface area contributed by atoms with Gasteiger partial charge in [-0.15, -0.1) is 0 Å². The summed E-state index contributed by atoms with van der Waals surface area (Å²) < 4.78 is 18.6. The lowest BCUT2D eigenvalue weighted by molar-refractivity contribution is 0.0596. The molecule has 0 saturated carbocycles. The number of nitrogens with zero attached hydrogens (tertiary/aromatic N) is 1. The van der Waals surface area contributed by atoms with E-state index in [4.69, 9.17) is 4.74 Å². The largest absolute Gasteiger partial charge is 0.464 e. The molecule has 1 aliphatic rings. The van der Waals surface area contributed by atoms with Crippen molar-refractivity contribution in [2.45, 2.75) is 12.8 Å². The number of hydrogen-bond acceptors (Lipinski definition) is 3. The number of rotatable bonds is 2. The fraction of sp³-hybridized carbons (Fsp3) is 0.158. The molecule has 2 heterocycles. The van der Waals surface area contributed by atoms with Crippen LogP contribution in [0.4, 0.5) is 4.39 Å². The third-order valence-corrected chi connectivity index (χ3v) is 4.42. The molecule has 4 rings (SSSR count). The minimum Gasteiger partial charge on any atom is -0.464 e. The molecule has 24 heavy (non-hydrogen) atoms. The van der Waals surface area contributed by atoms with Crippen LogP contribution in [0.1, 0.15) is 21.6 Å². The molecule has 2 aromatic heterocycles. The van der Waals surface area contributed by atoms with E-state index in [0.29, 0.717) is 16.8 Å². The fourth-order valence-electron chi connectivity index (χ4n) is 3.38. The van der Waals surface area contributed by atoms with Crippen molar-refractivity contribution in [3.63, 3.8) is 0 Å². The molecule has 0 radical (unpaired) electrons. The van der Waals surface area contributed by atoms with Crippen molar-refractivity contribution in [2.24, 2.45) is 0 Å². The minimum atomic E-state index is -0.471. The van der Waals surface area contributed by atoms with E-state index in [2.05, 4.69) is 16.0 Å². The van der Waals surface area contributed by atoms with Gasteiger partial charge in [0.1, 0.15) is 11.5 Å². The fourth-order valence-corrected chi connectivity index (χ4v) is 3.38. The second-order valence-corrected chi connectivity index (χ2v) is 5.77. The van der Waals surface area contributed by atoms with Gasteiger partial charge in [0, 0.05) is 22.9 Å². The highest BCUT2D eigenvalue weighted by atomic mass is 19.1. The van der Waals surface area contributed by atoms with Crippen LogP contribution in [0.3, 0.4) is 0 Å². The number of aromatic nitrogens is 2. The zero-order valence-electron chi connectivity index (χ0n) is 13.1. The smallest absolute Gasteiger partial charge is 0.355 e. The molecule has 4 nitrogen and oxygen atoms in total. The molecular formula is C19H15FN2O2. The maximum atomic E-state index is 13.7. The van der Waals surface area contributed by atoms with E-state index in [1.807, 2.05) is 18.2 Å². The number of carbonyl (C=O) groups is 1. The van der Waals surface area contributed by atoms with Crippen LogP contribution in [0.15, 0.2) is 42.7 Å². The van der Waals surface area contributed by atoms with Gasteiger partial charge in [0.2, 0.25) is 0 Å². The molecule has 0 amide bonds. The van der Waals surface area contributed by atoms with Crippen molar-refractivity contribution in [3.05, 3.63) is 65.4 Å². The number of H-pyrrole nitrogens is 1. The highest BCUT2D eigenvalue weighted by molar-refractivity contribution is 5.99. The molecule has 0 spiro atoms. The Kier molecular flexibility index (Phi) is 3.41. The molecule has 3 aromatic rings. The number of ether oxygens (including phenoxy) is 1. The Morgan fingerprint density at radius 1 is 1.25 bits per heavy atom. The van der Waals surface area contributed by atoms with Crippen LogP contribution in [-0.4, -0.2) is 23.0 Å². The van der Waals surface area contributed by atoms with Gasteiger partial charge in [-0.3, -0.25) is 4.98 Å². The van der Waals surface area contributed by atoms with Crippen molar-refractivity contribution < 1.29 is 13.9 Å². The summed E-state index contributed by atoms with van der Waals surface area (Å²) in [5.41, 5.74) is 5.79. The average molecular weight is 322 g/mol. The van der Waals surface area contributed by atoms with Gasteiger partial charge in [-0.1, -0.05) is 24.3 Å². The van der Waals surface area contributed by atoms with E-state index >= 15 is 0 Å². The first kappa shape index (κ1) is 14.6. The Labute approximate surface area is 138 Å². The van der Waals surface area contributed by atoms with Gasteiger partial charge < -0.3 is 9.72 Å². The number of aryl methyl sites for hydroxylation is 1. The Morgan fingerprint density at radius 3 is 2.88 bits per heavy atom. The van der Waals surface area contributed by atoms with Gasteiger partial charge in [0.05, 0.1) is 19.0 Å². The molecule has 0 unspecified atom stereocenters. The lowest BCUT2D eigenvalue weighted by atomic mass is 9.87. The maximum absolute atomic E-state index is 13.7. The van der Waals surface area contributed by atoms with Crippen LogP contribution in [-0.2, 0) is 17.6 Å². The number of carbonyl (C=O) groups excluding carboxylic acids is 1.